The van der Waals surface area contributed by atoms with Gasteiger partial charge in [-0.3, -0.25) is 10.1 Å². The molecule has 0 aliphatic carbocycles. The van der Waals surface area contributed by atoms with Crippen molar-refractivity contribution in [3.63, 3.8) is 0 Å². The van der Waals surface area contributed by atoms with Gasteiger partial charge >= 0.3 is 0 Å². The van der Waals surface area contributed by atoms with Crippen molar-refractivity contribution in [2.24, 2.45) is 12.1 Å². The Morgan fingerprint density at radius 2 is 2.00 bits per heavy atom. The van der Waals surface area contributed by atoms with Crippen molar-refractivity contribution >= 4 is 40.1 Å². The van der Waals surface area contributed by atoms with Gasteiger partial charge in [0.15, 0.2) is 5.11 Å². The lowest BCUT2D eigenvalue weighted by molar-refractivity contribution is -0.0465. The molecule has 0 bridgehead atoms. The maximum Gasteiger partial charge on any atom is 0.203 e. The number of ether oxygens (including phenoxy) is 2. The van der Waals surface area contributed by atoms with Gasteiger partial charge in [0, 0.05) is 18.1 Å². The van der Waals surface area contributed by atoms with Crippen LogP contribution >= 0.6 is 12.2 Å². The molecule has 0 atom stereocenters. The Labute approximate surface area is 181 Å². The van der Waals surface area contributed by atoms with Crippen LogP contribution < -0.4 is 10.7 Å². The number of anilines is 1. The average molecular weight is 424 g/mol. The van der Waals surface area contributed by atoms with Crippen LogP contribution in [0.4, 0.5) is 5.69 Å². The lowest BCUT2D eigenvalue weighted by Crippen LogP contribution is -2.24. The number of aromatic nitrogens is 2. The lowest BCUT2D eigenvalue weighted by atomic mass is 10.0. The van der Waals surface area contributed by atoms with E-state index in [4.69, 9.17) is 21.7 Å². The summed E-state index contributed by atoms with van der Waals surface area (Å²) in [6, 6.07) is 14.1. The molecule has 8 heteroatoms. The number of fused-ring (bicyclic) bond motifs is 1. The number of nitrogens with one attached hydrogen (secondary N) is 2. The van der Waals surface area contributed by atoms with E-state index in [0.717, 1.165) is 27.8 Å². The Balaban J connectivity index is 1.44. The van der Waals surface area contributed by atoms with Gasteiger partial charge < -0.3 is 14.8 Å². The van der Waals surface area contributed by atoms with Crippen LogP contribution in [0.15, 0.2) is 47.6 Å². The summed E-state index contributed by atoms with van der Waals surface area (Å²) in [6.07, 6.45) is 1.34. The van der Waals surface area contributed by atoms with E-state index in [-0.39, 0.29) is 0 Å². The number of aryl methyl sites for hydroxylation is 1. The molecule has 0 amide bonds. The molecule has 2 aromatic carbocycles. The topological polar surface area (TPSA) is 72.7 Å². The smallest absolute Gasteiger partial charge is 0.203 e. The molecule has 30 heavy (non-hydrogen) atoms. The van der Waals surface area contributed by atoms with E-state index >= 15 is 0 Å². The molecule has 0 saturated carbocycles. The number of hydrogen-bond donors (Lipinski definition) is 2. The Morgan fingerprint density at radius 1 is 1.23 bits per heavy atom. The summed E-state index contributed by atoms with van der Waals surface area (Å²) in [6.45, 7) is 5.49. The van der Waals surface area contributed by atoms with Crippen molar-refractivity contribution in [1.82, 2.24) is 15.2 Å². The zero-order valence-corrected chi connectivity index (χ0v) is 18.1. The van der Waals surface area contributed by atoms with E-state index in [1.807, 2.05) is 48.1 Å². The Bertz CT molecular complexity index is 1090. The van der Waals surface area contributed by atoms with E-state index in [2.05, 4.69) is 40.9 Å². The van der Waals surface area contributed by atoms with E-state index in [1.54, 1.807) is 6.21 Å². The maximum absolute atomic E-state index is 5.60. The first kappa shape index (κ1) is 20.5. The van der Waals surface area contributed by atoms with E-state index in [0.29, 0.717) is 24.2 Å². The standard InChI is InChI=1S/C22H25N5O2S/c1-14(2)16-6-4-5-7-18(16)24-22(30)25-23-13-15-8-9-17-19(12-15)27(3)26-20(17)21-28-10-11-29-21/h4-9,12-14,21H,10-11H2,1-3H3,(H2,24,25,30)/b23-13+. The van der Waals surface area contributed by atoms with Crippen LogP contribution in [0, 0.1) is 0 Å². The second-order valence-electron chi connectivity index (χ2n) is 7.43. The van der Waals surface area contributed by atoms with Crippen LogP contribution in [0.1, 0.15) is 42.9 Å². The van der Waals surface area contributed by atoms with Crippen molar-refractivity contribution in [2.45, 2.75) is 26.1 Å². The molecule has 7 nitrogen and oxygen atoms in total. The number of rotatable bonds is 5. The van der Waals surface area contributed by atoms with E-state index < -0.39 is 6.29 Å². The van der Waals surface area contributed by atoms with Crippen molar-refractivity contribution < 1.29 is 9.47 Å². The lowest BCUT2D eigenvalue weighted by Gasteiger charge is -2.14. The van der Waals surface area contributed by atoms with Gasteiger partial charge in [0.25, 0.3) is 0 Å². The van der Waals surface area contributed by atoms with Gasteiger partial charge in [0.1, 0.15) is 5.69 Å². The highest BCUT2D eigenvalue weighted by atomic mass is 32.1. The van der Waals surface area contributed by atoms with Crippen molar-refractivity contribution in [1.29, 1.82) is 0 Å². The Kier molecular flexibility index (Phi) is 6.08. The molecule has 2 N–H and O–H groups in total. The van der Waals surface area contributed by atoms with Crippen LogP contribution in [0.2, 0.25) is 0 Å². The molecular weight excluding hydrogens is 398 g/mol. The normalized spacial score (nSPS) is 14.8. The second-order valence-corrected chi connectivity index (χ2v) is 7.83. The number of thiocarbonyl (C=S) groups is 1. The SMILES string of the molecule is CC(C)c1ccccc1NC(=S)N/N=C/c1ccc2c(C3OCCO3)nn(C)c2c1. The number of hydrogen-bond acceptors (Lipinski definition) is 5. The molecule has 0 spiro atoms. The number of nitrogens with zero attached hydrogens (tertiary/aromatic N) is 3. The molecule has 0 unspecified atom stereocenters. The molecule has 3 aromatic rings. The molecule has 1 aliphatic heterocycles. The van der Waals surface area contributed by atoms with Crippen LogP contribution in [-0.2, 0) is 16.5 Å². The molecule has 1 aliphatic rings. The molecule has 4 rings (SSSR count). The Hall–Kier alpha value is -2.81. The molecular formula is C22H25N5O2S. The summed E-state index contributed by atoms with van der Waals surface area (Å²) in [5.74, 6) is 0.399. The summed E-state index contributed by atoms with van der Waals surface area (Å²) in [7, 11) is 1.91. The van der Waals surface area contributed by atoms with Gasteiger partial charge in [0.05, 0.1) is 24.9 Å². The minimum absolute atomic E-state index is 0.396. The monoisotopic (exact) mass is 423 g/mol. The second kappa shape index (κ2) is 8.91. The zero-order valence-electron chi connectivity index (χ0n) is 17.3. The fourth-order valence-corrected chi connectivity index (χ4v) is 3.67. The predicted molar refractivity (Wildman–Crippen MR) is 123 cm³/mol. The number of hydrazone groups is 1. The van der Waals surface area contributed by atoms with Crippen LogP contribution in [0.3, 0.4) is 0 Å². The maximum atomic E-state index is 5.60. The summed E-state index contributed by atoms with van der Waals surface area (Å²) in [5, 5.41) is 13.5. The van der Waals surface area contributed by atoms with Gasteiger partial charge in [-0.25, -0.2) is 0 Å². The summed E-state index contributed by atoms with van der Waals surface area (Å²) < 4.78 is 13.0. The quantitative estimate of drug-likeness (QED) is 0.366. The van der Waals surface area contributed by atoms with Crippen molar-refractivity contribution in [3.8, 4) is 0 Å². The van der Waals surface area contributed by atoms with Gasteiger partial charge in [-0.1, -0.05) is 44.2 Å². The molecule has 1 saturated heterocycles. The first-order valence-corrected chi connectivity index (χ1v) is 10.3. The predicted octanol–water partition coefficient (Wildman–Crippen LogP) is 4.06. The minimum Gasteiger partial charge on any atom is -0.345 e. The summed E-state index contributed by atoms with van der Waals surface area (Å²) >= 11 is 5.38. The first-order chi connectivity index (χ1) is 14.5. The summed E-state index contributed by atoms with van der Waals surface area (Å²) in [4.78, 5) is 0. The highest BCUT2D eigenvalue weighted by molar-refractivity contribution is 7.80. The van der Waals surface area contributed by atoms with Crippen molar-refractivity contribution in [2.75, 3.05) is 18.5 Å². The van der Waals surface area contributed by atoms with Crippen LogP contribution in [0.5, 0.6) is 0 Å². The molecule has 1 fully saturated rings. The van der Waals surface area contributed by atoms with Crippen LogP contribution in [-0.4, -0.2) is 34.3 Å². The fraction of sp³-hybridized carbons (Fsp3) is 0.318. The average Bonchev–Trinajstić information content (AvgIpc) is 3.36. The zero-order chi connectivity index (χ0) is 21.1. The van der Waals surface area contributed by atoms with Gasteiger partial charge in [-0.2, -0.15) is 10.2 Å². The number of para-hydroxylation sites is 1. The van der Waals surface area contributed by atoms with Crippen LogP contribution in [0.25, 0.3) is 10.9 Å². The van der Waals surface area contributed by atoms with E-state index in [1.165, 1.54) is 5.56 Å². The van der Waals surface area contributed by atoms with Gasteiger partial charge in [-0.05, 0) is 41.4 Å². The largest absolute Gasteiger partial charge is 0.345 e. The molecule has 156 valence electrons. The highest BCUT2D eigenvalue weighted by Crippen LogP contribution is 2.29. The molecule has 1 aromatic heterocycles. The third kappa shape index (κ3) is 4.35. The van der Waals surface area contributed by atoms with E-state index in [9.17, 15) is 0 Å². The fourth-order valence-electron chi connectivity index (χ4n) is 3.50. The number of benzene rings is 2. The molecule has 0 radical (unpaired) electrons. The van der Waals surface area contributed by atoms with Gasteiger partial charge in [-0.15, -0.1) is 0 Å². The third-order valence-corrected chi connectivity index (χ3v) is 5.15. The third-order valence-electron chi connectivity index (χ3n) is 4.96. The molecule has 2 heterocycles. The van der Waals surface area contributed by atoms with Crippen molar-refractivity contribution in [3.05, 3.63) is 59.3 Å². The van der Waals surface area contributed by atoms with Gasteiger partial charge in [0.2, 0.25) is 6.29 Å². The summed E-state index contributed by atoms with van der Waals surface area (Å²) in [5.41, 5.74) is 7.80. The minimum atomic E-state index is -0.396. The first-order valence-electron chi connectivity index (χ1n) is 9.92. The highest BCUT2D eigenvalue weighted by Gasteiger charge is 2.24. The Morgan fingerprint density at radius 3 is 2.77 bits per heavy atom.